The number of hydrogen-bond donors (Lipinski definition) is 7. The van der Waals surface area contributed by atoms with Gasteiger partial charge in [0.05, 0.1) is 12.7 Å². The molecule has 9 N–H and O–H groups in total. The Hall–Kier alpha value is -5.01. The molecule has 13 heteroatoms. The molecule has 1 saturated carbocycles. The number of phenols is 1. The second kappa shape index (κ2) is 10.7. The van der Waals surface area contributed by atoms with Gasteiger partial charge in [0.15, 0.2) is 11.4 Å². The Morgan fingerprint density at radius 2 is 1.84 bits per heavy atom. The van der Waals surface area contributed by atoms with Crippen molar-refractivity contribution in [3.8, 4) is 16.9 Å². The maximum absolute atomic E-state index is 13.7. The van der Waals surface area contributed by atoms with Crippen molar-refractivity contribution in [2.24, 2.45) is 23.3 Å². The first-order valence-corrected chi connectivity index (χ1v) is 13.4. The molecule has 224 valence electrons. The number of phenolic OH excluding ortho intramolecular Hbond substituents is 1. The maximum Gasteiger partial charge on any atom is 0.329 e. The summed E-state index contributed by atoms with van der Waals surface area (Å²) in [5.41, 5.74) is 8.61. The van der Waals surface area contributed by atoms with E-state index in [1.165, 1.54) is 19.2 Å². The van der Waals surface area contributed by atoms with Crippen LogP contribution >= 0.6 is 0 Å². The Bertz CT molecular complexity index is 1680. The number of nitrogens with two attached hydrogens (primary N) is 2. The summed E-state index contributed by atoms with van der Waals surface area (Å²) in [5.74, 6) is -8.45. The molecule has 2 aromatic rings. The number of carbonyl (C=O) groups excluding carboxylic acids is 5. The van der Waals surface area contributed by atoms with Gasteiger partial charge in [-0.3, -0.25) is 19.2 Å². The average Bonchev–Trinajstić information content (AvgIpc) is 2.97. The van der Waals surface area contributed by atoms with Gasteiger partial charge < -0.3 is 41.9 Å². The molecule has 3 aliphatic carbocycles. The summed E-state index contributed by atoms with van der Waals surface area (Å²) in [5, 5.41) is 46.7. The molecule has 0 spiro atoms. The Morgan fingerprint density at radius 3 is 2.49 bits per heavy atom. The lowest BCUT2D eigenvalue weighted by Gasteiger charge is -2.46. The quantitative estimate of drug-likeness (QED) is 0.178. The molecule has 5 rings (SSSR count). The van der Waals surface area contributed by atoms with Crippen molar-refractivity contribution >= 4 is 35.1 Å². The van der Waals surface area contributed by atoms with Gasteiger partial charge in [0.1, 0.15) is 28.9 Å². The molecule has 0 aliphatic heterocycles. The number of ether oxygens (including phenoxy) is 1. The Balaban J connectivity index is 1.58. The SMILES string of the molecule is COC(=O)C(CN)NC(=O)c1cccc(-c2ccc(O)c3c2C[C@H]2C[C@H]4CC(=O)C(C(N)=O)=C(O)[C@@]4(O)C(=O)C2=C3O)c1. The minimum atomic E-state index is -2.66. The van der Waals surface area contributed by atoms with Gasteiger partial charge in [0, 0.05) is 30.0 Å². The number of nitrogens with one attached hydrogen (secondary N) is 1. The molecular weight excluding hydrogens is 562 g/mol. The van der Waals surface area contributed by atoms with Crippen LogP contribution in [0.2, 0.25) is 0 Å². The van der Waals surface area contributed by atoms with Crippen molar-refractivity contribution in [3.05, 3.63) is 70.0 Å². The number of aliphatic hydroxyl groups is 3. The van der Waals surface area contributed by atoms with Crippen LogP contribution in [-0.4, -0.2) is 75.1 Å². The summed E-state index contributed by atoms with van der Waals surface area (Å²) in [7, 11) is 1.17. The fraction of sp³-hybridized carbons (Fsp3) is 0.300. The van der Waals surface area contributed by atoms with Crippen LogP contribution in [0.4, 0.5) is 0 Å². The molecule has 2 aromatic carbocycles. The van der Waals surface area contributed by atoms with Gasteiger partial charge in [0.25, 0.3) is 11.8 Å². The normalized spacial score (nSPS) is 23.6. The van der Waals surface area contributed by atoms with E-state index in [2.05, 4.69) is 10.1 Å². The minimum Gasteiger partial charge on any atom is -0.508 e. The van der Waals surface area contributed by atoms with Crippen LogP contribution in [0.3, 0.4) is 0 Å². The van der Waals surface area contributed by atoms with Crippen LogP contribution in [0.15, 0.2) is 53.3 Å². The number of benzene rings is 2. The van der Waals surface area contributed by atoms with Gasteiger partial charge in [-0.1, -0.05) is 18.2 Å². The lowest BCUT2D eigenvalue weighted by molar-refractivity contribution is -0.147. The molecule has 43 heavy (non-hydrogen) atoms. The summed E-state index contributed by atoms with van der Waals surface area (Å²) in [6, 6.07) is 8.18. The largest absolute Gasteiger partial charge is 0.508 e. The number of aliphatic hydroxyl groups excluding tert-OH is 2. The van der Waals surface area contributed by atoms with Crippen molar-refractivity contribution in [2.75, 3.05) is 13.7 Å². The molecule has 13 nitrogen and oxygen atoms in total. The molecule has 2 amide bonds. The van der Waals surface area contributed by atoms with Crippen LogP contribution in [0.1, 0.15) is 34.3 Å². The van der Waals surface area contributed by atoms with E-state index in [-0.39, 0.29) is 41.8 Å². The van der Waals surface area contributed by atoms with E-state index < -0.39 is 76.3 Å². The zero-order chi connectivity index (χ0) is 31.4. The summed E-state index contributed by atoms with van der Waals surface area (Å²) in [6.45, 7) is -0.184. The van der Waals surface area contributed by atoms with Crippen LogP contribution in [0.5, 0.6) is 5.75 Å². The molecule has 0 aromatic heterocycles. The van der Waals surface area contributed by atoms with Crippen LogP contribution < -0.4 is 16.8 Å². The molecule has 1 fully saturated rings. The highest BCUT2D eigenvalue weighted by atomic mass is 16.5. The van der Waals surface area contributed by atoms with Gasteiger partial charge in [-0.05, 0) is 53.6 Å². The number of Topliss-reactive ketones (excluding diaryl/α,β-unsaturated/α-hetero) is 2. The van der Waals surface area contributed by atoms with Crippen molar-refractivity contribution in [2.45, 2.75) is 30.9 Å². The van der Waals surface area contributed by atoms with E-state index >= 15 is 0 Å². The number of rotatable bonds is 6. The van der Waals surface area contributed by atoms with Crippen LogP contribution in [0.25, 0.3) is 16.9 Å². The fourth-order valence-corrected chi connectivity index (χ4v) is 6.32. The lowest BCUT2D eigenvalue weighted by Crippen LogP contribution is -2.58. The first-order valence-electron chi connectivity index (χ1n) is 13.4. The molecular formula is C30H29N3O10. The number of amides is 2. The van der Waals surface area contributed by atoms with E-state index in [0.29, 0.717) is 16.7 Å². The van der Waals surface area contributed by atoms with Crippen LogP contribution in [-0.2, 0) is 30.3 Å². The second-order valence-corrected chi connectivity index (χ2v) is 10.8. The first-order chi connectivity index (χ1) is 20.3. The molecule has 4 atom stereocenters. The summed E-state index contributed by atoms with van der Waals surface area (Å²) in [4.78, 5) is 62.9. The fourth-order valence-electron chi connectivity index (χ4n) is 6.32. The lowest BCUT2D eigenvalue weighted by atomic mass is 9.59. The molecule has 0 saturated heterocycles. The summed E-state index contributed by atoms with van der Waals surface area (Å²) < 4.78 is 4.65. The summed E-state index contributed by atoms with van der Waals surface area (Å²) in [6.07, 6.45) is -0.359. The molecule has 0 heterocycles. The number of primary amides is 1. The zero-order valence-electron chi connectivity index (χ0n) is 22.9. The van der Waals surface area contributed by atoms with Gasteiger partial charge in [0.2, 0.25) is 5.78 Å². The number of fused-ring (bicyclic) bond motifs is 3. The molecule has 1 unspecified atom stereocenters. The van der Waals surface area contributed by atoms with Crippen molar-refractivity contribution < 1.29 is 49.1 Å². The highest BCUT2D eigenvalue weighted by Crippen LogP contribution is 2.53. The van der Waals surface area contributed by atoms with E-state index in [1.807, 2.05) is 0 Å². The van der Waals surface area contributed by atoms with Crippen LogP contribution in [0, 0.1) is 11.8 Å². The number of esters is 1. The predicted molar refractivity (Wildman–Crippen MR) is 149 cm³/mol. The molecule has 3 aliphatic rings. The first kappa shape index (κ1) is 29.5. The topological polar surface area (TPSA) is 240 Å². The van der Waals surface area contributed by atoms with Gasteiger partial charge in [-0.2, -0.15) is 0 Å². The van der Waals surface area contributed by atoms with Crippen molar-refractivity contribution in [1.29, 1.82) is 0 Å². The van der Waals surface area contributed by atoms with Gasteiger partial charge >= 0.3 is 5.97 Å². The zero-order valence-corrected chi connectivity index (χ0v) is 22.9. The number of methoxy groups -OCH3 is 1. The third-order valence-corrected chi connectivity index (χ3v) is 8.41. The highest BCUT2D eigenvalue weighted by Gasteiger charge is 2.60. The van der Waals surface area contributed by atoms with E-state index in [4.69, 9.17) is 11.5 Å². The van der Waals surface area contributed by atoms with Gasteiger partial charge in [-0.15, -0.1) is 0 Å². The van der Waals surface area contributed by atoms with E-state index in [9.17, 15) is 44.4 Å². The third-order valence-electron chi connectivity index (χ3n) is 8.41. The van der Waals surface area contributed by atoms with E-state index in [1.54, 1.807) is 24.3 Å². The van der Waals surface area contributed by atoms with E-state index in [0.717, 1.165) is 0 Å². The maximum atomic E-state index is 13.7. The minimum absolute atomic E-state index is 0.0194. The number of aromatic hydroxyl groups is 1. The third kappa shape index (κ3) is 4.53. The molecule has 0 radical (unpaired) electrons. The summed E-state index contributed by atoms with van der Waals surface area (Å²) >= 11 is 0. The Morgan fingerprint density at radius 1 is 1.12 bits per heavy atom. The monoisotopic (exact) mass is 591 g/mol. The Labute approximate surface area is 244 Å². The standard InChI is InChI=1S/C30H29N3O10/c1-43-29(41)18(11-31)33-28(40)13-4-2-3-12(7-13)16-5-6-19(34)22-17(16)9-14-8-15-10-20(35)23(27(32)39)26(38)30(15,42)25(37)21(14)24(22)36/h2-7,14-15,18,34,36,38,42H,8-11,31H2,1H3,(H2,32,39)(H,33,40)/t14-,15+,18?,30+/m1/s1. The second-order valence-electron chi connectivity index (χ2n) is 10.8. The number of hydrogen-bond acceptors (Lipinski definition) is 11. The Kier molecular flexibility index (Phi) is 7.32. The van der Waals surface area contributed by atoms with Crippen molar-refractivity contribution in [1.82, 2.24) is 5.32 Å². The predicted octanol–water partition coefficient (Wildman–Crippen LogP) is 0.321. The number of ketones is 2. The average molecular weight is 592 g/mol. The van der Waals surface area contributed by atoms with Crippen molar-refractivity contribution in [3.63, 3.8) is 0 Å². The highest BCUT2D eigenvalue weighted by molar-refractivity contribution is 6.22. The number of carbonyl (C=O) groups is 5. The van der Waals surface area contributed by atoms with Gasteiger partial charge in [-0.25, -0.2) is 4.79 Å². The molecule has 0 bridgehead atoms. The smallest absolute Gasteiger partial charge is 0.329 e.